The summed E-state index contributed by atoms with van der Waals surface area (Å²) in [5.74, 6) is -2.02. The second kappa shape index (κ2) is 8.01. The molecule has 1 fully saturated rings. The third-order valence-corrected chi connectivity index (χ3v) is 6.85. The van der Waals surface area contributed by atoms with Crippen LogP contribution in [0.15, 0.2) is 38.1 Å². The number of amides is 1. The van der Waals surface area contributed by atoms with Crippen LogP contribution in [0, 0.1) is 11.8 Å². The molecule has 160 valence electrons. The van der Waals surface area contributed by atoms with Gasteiger partial charge in [0, 0.05) is 16.9 Å². The monoisotopic (exact) mass is 432 g/mol. The van der Waals surface area contributed by atoms with Crippen LogP contribution in [0.4, 0.5) is 0 Å². The maximum atomic E-state index is 12.4. The topological polar surface area (TPSA) is 129 Å². The summed E-state index contributed by atoms with van der Waals surface area (Å²) in [6, 6.07) is -0.0548. The smallest absolute Gasteiger partial charge is 0.353 e. The number of carbonyl (C=O) groups is 2. The van der Waals surface area contributed by atoms with E-state index >= 15 is 0 Å². The van der Waals surface area contributed by atoms with Gasteiger partial charge in [-0.25, -0.2) is 4.79 Å². The molecule has 3 aliphatic heterocycles. The second-order valence-electron chi connectivity index (χ2n) is 7.86. The molecule has 1 aromatic rings. The summed E-state index contributed by atoms with van der Waals surface area (Å²) in [7, 11) is 0. The Morgan fingerprint density at radius 2 is 2.20 bits per heavy atom. The minimum absolute atomic E-state index is 0.0662. The van der Waals surface area contributed by atoms with Crippen LogP contribution in [0.5, 0.6) is 0 Å². The quantitative estimate of drug-likeness (QED) is 0.575. The van der Waals surface area contributed by atoms with Gasteiger partial charge in [-0.15, -0.1) is 0 Å². The highest BCUT2D eigenvalue weighted by molar-refractivity contribution is 8.02. The molecule has 3 aliphatic rings. The minimum Gasteiger partial charge on any atom is -0.477 e. The first-order chi connectivity index (χ1) is 14.3. The highest BCUT2D eigenvalue weighted by Crippen LogP contribution is 2.51. The van der Waals surface area contributed by atoms with Crippen molar-refractivity contribution in [1.82, 2.24) is 20.4 Å². The van der Waals surface area contributed by atoms with Crippen molar-refractivity contribution in [2.75, 3.05) is 6.54 Å². The molecule has 0 radical (unpaired) electrons. The van der Waals surface area contributed by atoms with Gasteiger partial charge in [-0.2, -0.15) is 4.98 Å². The molecule has 0 spiro atoms. The lowest BCUT2D eigenvalue weighted by Gasteiger charge is -2.46. The summed E-state index contributed by atoms with van der Waals surface area (Å²) < 4.78 is 5.29. The first-order valence-corrected chi connectivity index (χ1v) is 10.7. The van der Waals surface area contributed by atoms with Gasteiger partial charge in [0.15, 0.2) is 5.82 Å². The van der Waals surface area contributed by atoms with Crippen LogP contribution < -0.4 is 5.32 Å². The number of nitrogens with one attached hydrogen (secondary N) is 1. The maximum absolute atomic E-state index is 12.4. The van der Waals surface area contributed by atoms with Crippen LogP contribution in [0.2, 0.25) is 0 Å². The zero-order chi connectivity index (χ0) is 21.6. The Balaban J connectivity index is 1.53. The molecule has 0 bridgehead atoms. The molecule has 1 saturated heterocycles. The number of carbonyl (C=O) groups excluding carboxylic acids is 1. The number of β-lactam (4-membered cyclic amide) rings is 1. The molecule has 10 heteroatoms. The van der Waals surface area contributed by atoms with E-state index in [-0.39, 0.29) is 28.8 Å². The van der Waals surface area contributed by atoms with Crippen molar-refractivity contribution >= 4 is 29.7 Å². The molecule has 3 N–H and O–H groups in total. The lowest BCUT2D eigenvalue weighted by molar-refractivity contribution is -0.163. The predicted molar refractivity (Wildman–Crippen MR) is 109 cm³/mol. The molecule has 1 unspecified atom stereocenters. The van der Waals surface area contributed by atoms with Crippen molar-refractivity contribution in [3.8, 4) is 0 Å². The van der Waals surface area contributed by atoms with Gasteiger partial charge < -0.3 is 25.0 Å². The van der Waals surface area contributed by atoms with E-state index in [1.165, 1.54) is 10.5 Å². The van der Waals surface area contributed by atoms with E-state index in [1.54, 1.807) is 13.0 Å². The summed E-state index contributed by atoms with van der Waals surface area (Å²) in [6.45, 7) is 6.40. The molecule has 9 nitrogen and oxygen atoms in total. The third kappa shape index (κ3) is 3.59. The lowest BCUT2D eigenvalue weighted by Crippen LogP contribution is -2.63. The fourth-order valence-corrected chi connectivity index (χ4v) is 5.32. The van der Waals surface area contributed by atoms with Gasteiger partial charge in [-0.3, -0.25) is 4.79 Å². The van der Waals surface area contributed by atoms with E-state index in [9.17, 15) is 19.8 Å². The number of hydrogen-bond acceptors (Lipinski definition) is 8. The number of aliphatic hydroxyl groups is 1. The summed E-state index contributed by atoms with van der Waals surface area (Å²) in [4.78, 5) is 30.3. The number of aliphatic hydroxyl groups excluding tert-OH is 1. The Kier molecular flexibility index (Phi) is 5.56. The van der Waals surface area contributed by atoms with Crippen molar-refractivity contribution in [3.63, 3.8) is 0 Å². The van der Waals surface area contributed by atoms with Gasteiger partial charge in [0.05, 0.1) is 18.1 Å². The predicted octanol–water partition coefficient (Wildman–Crippen LogP) is 1.64. The Hall–Kier alpha value is -2.43. The number of rotatable bonds is 6. The minimum atomic E-state index is -1.18. The first-order valence-electron chi connectivity index (χ1n) is 9.90. The average molecular weight is 433 g/mol. The SMILES string of the molecule is C[C@@H]1C=C(/C=C/c2noc(SC3=C(C(=O)O)N4C(=O)[C@H]([C@@H](C)O)C4[C@H]3C)n2)CCN1. The Labute approximate surface area is 177 Å². The number of thioether (sulfide) groups is 1. The number of carboxylic acid groups (broad SMARTS) is 1. The lowest BCUT2D eigenvalue weighted by atomic mass is 9.79. The maximum Gasteiger partial charge on any atom is 0.353 e. The number of fused-ring (bicyclic) bond motifs is 1. The molecule has 4 rings (SSSR count). The molecule has 0 saturated carbocycles. The van der Waals surface area contributed by atoms with Gasteiger partial charge in [0.25, 0.3) is 5.22 Å². The highest BCUT2D eigenvalue weighted by atomic mass is 32.2. The summed E-state index contributed by atoms with van der Waals surface area (Å²) in [5.41, 5.74) is 1.12. The van der Waals surface area contributed by atoms with E-state index in [1.807, 2.05) is 13.0 Å². The third-order valence-electron chi connectivity index (χ3n) is 5.72. The Morgan fingerprint density at radius 1 is 1.43 bits per heavy atom. The van der Waals surface area contributed by atoms with Crippen LogP contribution in [-0.4, -0.2) is 61.9 Å². The number of aromatic nitrogens is 2. The average Bonchev–Trinajstić information content (AvgIpc) is 3.22. The largest absolute Gasteiger partial charge is 0.477 e. The molecule has 1 amide bonds. The fraction of sp³-hybridized carbons (Fsp3) is 0.500. The van der Waals surface area contributed by atoms with Crippen LogP contribution in [0.25, 0.3) is 6.08 Å². The van der Waals surface area contributed by atoms with Gasteiger partial charge in [0.1, 0.15) is 5.70 Å². The van der Waals surface area contributed by atoms with E-state index in [4.69, 9.17) is 4.52 Å². The normalized spacial score (nSPS) is 29.8. The van der Waals surface area contributed by atoms with Crippen LogP contribution in [0.3, 0.4) is 0 Å². The van der Waals surface area contributed by atoms with Gasteiger partial charge >= 0.3 is 5.97 Å². The fourth-order valence-electron chi connectivity index (χ4n) is 4.31. The van der Waals surface area contributed by atoms with Crippen LogP contribution in [-0.2, 0) is 9.59 Å². The van der Waals surface area contributed by atoms with E-state index in [0.29, 0.717) is 16.8 Å². The summed E-state index contributed by atoms with van der Waals surface area (Å²) >= 11 is 1.07. The van der Waals surface area contributed by atoms with Gasteiger partial charge in [-0.1, -0.05) is 24.2 Å². The van der Waals surface area contributed by atoms with Gasteiger partial charge in [-0.05, 0) is 50.2 Å². The van der Waals surface area contributed by atoms with E-state index < -0.39 is 18.0 Å². The highest BCUT2D eigenvalue weighted by Gasteiger charge is 2.60. The number of hydrogen-bond donors (Lipinski definition) is 3. The summed E-state index contributed by atoms with van der Waals surface area (Å²) in [5, 5.41) is 27.1. The van der Waals surface area contributed by atoms with E-state index in [2.05, 4.69) is 28.5 Å². The Bertz CT molecular complexity index is 966. The molecular weight excluding hydrogens is 408 g/mol. The molecule has 30 heavy (non-hydrogen) atoms. The molecule has 5 atom stereocenters. The number of carboxylic acids is 1. The first kappa shape index (κ1) is 20.8. The molecule has 0 aromatic carbocycles. The van der Waals surface area contributed by atoms with Crippen molar-refractivity contribution in [1.29, 1.82) is 0 Å². The van der Waals surface area contributed by atoms with E-state index in [0.717, 1.165) is 24.7 Å². The molecular formula is C20H24N4O5S. The van der Waals surface area contributed by atoms with Crippen molar-refractivity contribution in [2.24, 2.45) is 11.8 Å². The van der Waals surface area contributed by atoms with Gasteiger partial charge in [0.2, 0.25) is 5.91 Å². The Morgan fingerprint density at radius 3 is 2.87 bits per heavy atom. The summed E-state index contributed by atoms with van der Waals surface area (Å²) in [6.07, 6.45) is 5.94. The number of allylic oxidation sites excluding steroid dienone is 1. The number of aliphatic carboxylic acids is 1. The standard InChI is InChI=1S/C20H24N4O5S/c1-9-8-12(6-7-21-9)4-5-13-22-20(29-23-13)30-17-10(2)15-14(11(3)25)18(26)24(15)16(17)19(27)28/h4-5,8-11,14-15,21,25H,6-7H2,1-3H3,(H,27,28)/b5-4+/t9-,10-,11-,14-,15?/m1/s1. The zero-order valence-corrected chi connectivity index (χ0v) is 17.7. The van der Waals surface area contributed by atoms with Crippen molar-refractivity contribution < 1.29 is 24.3 Å². The molecule has 4 heterocycles. The number of nitrogens with zero attached hydrogens (tertiary/aromatic N) is 3. The van der Waals surface area contributed by atoms with Crippen LogP contribution >= 0.6 is 11.8 Å². The van der Waals surface area contributed by atoms with Crippen LogP contribution in [0.1, 0.15) is 33.0 Å². The molecule has 0 aliphatic carbocycles. The molecule has 1 aromatic heterocycles. The second-order valence-corrected chi connectivity index (χ2v) is 8.85. The van der Waals surface area contributed by atoms with Crippen molar-refractivity contribution in [2.45, 2.75) is 50.6 Å². The zero-order valence-electron chi connectivity index (χ0n) is 16.9. The van der Waals surface area contributed by atoms with Crippen molar-refractivity contribution in [3.05, 3.63) is 34.2 Å².